The molecule has 1 heterocycles. The first-order chi connectivity index (χ1) is 37.8. The highest BCUT2D eigenvalue weighted by atomic mass is 16.7. The second-order valence-electron chi connectivity index (χ2n) is 23.6. The van der Waals surface area contributed by atoms with Crippen molar-refractivity contribution in [2.45, 2.75) is 378 Å². The molecule has 0 radical (unpaired) electrons. The molecule has 7 unspecified atom stereocenters. The lowest BCUT2D eigenvalue weighted by atomic mass is 9.99. The summed E-state index contributed by atoms with van der Waals surface area (Å²) >= 11 is 0. The van der Waals surface area contributed by atoms with Crippen LogP contribution in [0.1, 0.15) is 335 Å². The minimum absolute atomic E-state index is 0.184. The second-order valence-corrected chi connectivity index (χ2v) is 23.6. The first-order valence-electron chi connectivity index (χ1n) is 33.7. The lowest BCUT2D eigenvalue weighted by Crippen LogP contribution is -2.60. The van der Waals surface area contributed by atoms with Gasteiger partial charge in [0.05, 0.1) is 25.4 Å². The van der Waals surface area contributed by atoms with E-state index in [1.165, 1.54) is 270 Å². The van der Waals surface area contributed by atoms with Crippen LogP contribution in [0.15, 0.2) is 36.5 Å². The van der Waals surface area contributed by atoms with E-state index in [4.69, 9.17) is 9.47 Å². The van der Waals surface area contributed by atoms with Crippen molar-refractivity contribution in [1.29, 1.82) is 0 Å². The highest BCUT2D eigenvalue weighted by molar-refractivity contribution is 5.76. The van der Waals surface area contributed by atoms with E-state index in [1.807, 2.05) is 6.08 Å². The molecule has 9 nitrogen and oxygen atoms in total. The molecule has 1 aliphatic rings. The van der Waals surface area contributed by atoms with Gasteiger partial charge in [-0.1, -0.05) is 320 Å². The molecule has 1 fully saturated rings. The fraction of sp³-hybridized carbons (Fsp3) is 0.897. The summed E-state index contributed by atoms with van der Waals surface area (Å²) in [6, 6.07) is -0.827. The third-order valence-corrected chi connectivity index (χ3v) is 16.2. The van der Waals surface area contributed by atoms with Crippen LogP contribution in [0, 0.1) is 0 Å². The fourth-order valence-electron chi connectivity index (χ4n) is 10.9. The molecule has 0 spiro atoms. The fourth-order valence-corrected chi connectivity index (χ4v) is 10.9. The van der Waals surface area contributed by atoms with E-state index < -0.39 is 49.5 Å². The summed E-state index contributed by atoms with van der Waals surface area (Å²) in [5.41, 5.74) is 0. The predicted octanol–water partition coefficient (Wildman–Crippen LogP) is 17.9. The van der Waals surface area contributed by atoms with Gasteiger partial charge in [0.25, 0.3) is 0 Å². The zero-order chi connectivity index (χ0) is 55.8. The van der Waals surface area contributed by atoms with Crippen LogP contribution >= 0.6 is 0 Å². The lowest BCUT2D eigenvalue weighted by molar-refractivity contribution is -0.302. The maximum absolute atomic E-state index is 13.1. The van der Waals surface area contributed by atoms with Gasteiger partial charge in [-0.15, -0.1) is 0 Å². The Kier molecular flexibility index (Phi) is 55.0. The number of nitrogens with one attached hydrogen (secondary N) is 1. The monoisotopic (exact) mass is 1090 g/mol. The van der Waals surface area contributed by atoms with Crippen LogP contribution in [-0.4, -0.2) is 87.5 Å². The molecule has 1 rings (SSSR count). The topological polar surface area (TPSA) is 149 Å². The van der Waals surface area contributed by atoms with Crippen LogP contribution in [0.25, 0.3) is 0 Å². The van der Waals surface area contributed by atoms with Crippen LogP contribution in [0.4, 0.5) is 0 Å². The number of hydrogen-bond acceptors (Lipinski definition) is 8. The average molecular weight is 1090 g/mol. The minimum atomic E-state index is -1.57. The molecule has 1 saturated heterocycles. The SMILES string of the molecule is CCCCCCCCCCCCCCCCCCCC/C=C/CC/C=C/CC/C=C/C(O)C(COC1OC(CO)C(O)C(O)C1O)NC(=O)CCCCCCCCCCCCCCCCCCCCCCCCCCCC. The summed E-state index contributed by atoms with van der Waals surface area (Å²) in [7, 11) is 0. The molecular formula is C68H129NO8. The summed E-state index contributed by atoms with van der Waals surface area (Å²) in [6.07, 6.45) is 69.6. The largest absolute Gasteiger partial charge is 0.394 e. The van der Waals surface area contributed by atoms with Gasteiger partial charge in [0.1, 0.15) is 24.4 Å². The Balaban J connectivity index is 2.18. The number of carbonyl (C=O) groups excluding carboxylic acids is 1. The van der Waals surface area contributed by atoms with Crippen molar-refractivity contribution >= 4 is 5.91 Å². The number of aliphatic hydroxyl groups excluding tert-OH is 5. The quantitative estimate of drug-likeness (QED) is 0.0261. The smallest absolute Gasteiger partial charge is 0.220 e. The summed E-state index contributed by atoms with van der Waals surface area (Å²) in [4.78, 5) is 13.1. The van der Waals surface area contributed by atoms with Crippen LogP contribution < -0.4 is 5.32 Å². The van der Waals surface area contributed by atoms with E-state index in [-0.39, 0.29) is 12.5 Å². The zero-order valence-electron chi connectivity index (χ0n) is 50.7. The summed E-state index contributed by atoms with van der Waals surface area (Å²) in [5.74, 6) is -0.184. The molecule has 6 N–H and O–H groups in total. The third kappa shape index (κ3) is 46.7. The summed E-state index contributed by atoms with van der Waals surface area (Å²) in [6.45, 7) is 3.81. The zero-order valence-corrected chi connectivity index (χ0v) is 50.7. The van der Waals surface area contributed by atoms with Crippen LogP contribution in [0.2, 0.25) is 0 Å². The van der Waals surface area contributed by atoms with Gasteiger partial charge in [-0.3, -0.25) is 4.79 Å². The van der Waals surface area contributed by atoms with Gasteiger partial charge in [0.15, 0.2) is 6.29 Å². The van der Waals surface area contributed by atoms with Crippen LogP contribution in [-0.2, 0) is 14.3 Å². The van der Waals surface area contributed by atoms with Gasteiger partial charge in [-0.2, -0.15) is 0 Å². The minimum Gasteiger partial charge on any atom is -0.394 e. The molecule has 0 aliphatic carbocycles. The molecule has 77 heavy (non-hydrogen) atoms. The van der Waals surface area contributed by atoms with Gasteiger partial charge in [-0.05, 0) is 44.9 Å². The number of unbranched alkanes of at least 4 members (excludes halogenated alkanes) is 45. The Morgan fingerprint density at radius 2 is 0.740 bits per heavy atom. The average Bonchev–Trinajstić information content (AvgIpc) is 3.43. The third-order valence-electron chi connectivity index (χ3n) is 16.2. The van der Waals surface area contributed by atoms with Crippen molar-refractivity contribution in [2.75, 3.05) is 13.2 Å². The number of carbonyl (C=O) groups is 1. The molecule has 454 valence electrons. The lowest BCUT2D eigenvalue weighted by Gasteiger charge is -2.40. The Labute approximate surface area is 476 Å². The number of aliphatic hydroxyl groups is 5. The van der Waals surface area contributed by atoms with Crippen LogP contribution in [0.5, 0.6) is 0 Å². The van der Waals surface area contributed by atoms with E-state index in [0.29, 0.717) is 6.42 Å². The molecule has 0 aromatic heterocycles. The van der Waals surface area contributed by atoms with Crippen molar-refractivity contribution in [3.63, 3.8) is 0 Å². The second kappa shape index (κ2) is 57.6. The van der Waals surface area contributed by atoms with E-state index in [9.17, 15) is 30.3 Å². The number of allylic oxidation sites excluding steroid dienone is 5. The predicted molar refractivity (Wildman–Crippen MR) is 327 cm³/mol. The van der Waals surface area contributed by atoms with Gasteiger partial charge < -0.3 is 40.3 Å². The van der Waals surface area contributed by atoms with E-state index in [0.717, 1.165) is 44.9 Å². The Morgan fingerprint density at radius 3 is 1.09 bits per heavy atom. The Hall–Kier alpha value is -1.59. The van der Waals surface area contributed by atoms with Crippen molar-refractivity contribution in [1.82, 2.24) is 5.32 Å². The van der Waals surface area contributed by atoms with Crippen molar-refractivity contribution in [2.24, 2.45) is 0 Å². The summed E-state index contributed by atoms with van der Waals surface area (Å²) < 4.78 is 11.3. The highest BCUT2D eigenvalue weighted by Crippen LogP contribution is 2.23. The van der Waals surface area contributed by atoms with Gasteiger partial charge in [-0.25, -0.2) is 0 Å². The van der Waals surface area contributed by atoms with Crippen molar-refractivity contribution < 1.29 is 39.8 Å². The maximum atomic E-state index is 13.1. The Morgan fingerprint density at radius 1 is 0.429 bits per heavy atom. The first-order valence-corrected chi connectivity index (χ1v) is 33.7. The van der Waals surface area contributed by atoms with Crippen LogP contribution in [0.3, 0.4) is 0 Å². The summed E-state index contributed by atoms with van der Waals surface area (Å²) in [5, 5.41) is 54.7. The number of hydrogen-bond donors (Lipinski definition) is 6. The molecule has 0 aromatic carbocycles. The first kappa shape index (κ1) is 73.4. The maximum Gasteiger partial charge on any atom is 0.220 e. The van der Waals surface area contributed by atoms with Gasteiger partial charge >= 0.3 is 0 Å². The molecule has 1 amide bonds. The standard InChI is InChI=1S/C68H129NO8/c1-3-5-7-9-11-13-15-17-19-21-23-25-27-29-31-32-33-35-37-39-41-43-45-47-49-51-53-55-57-62(71)61(60-76-68-67(75)66(74)65(73)63(59-70)77-68)69-64(72)58-56-54-52-50-48-46-44-42-40-38-36-34-30-28-26-24-22-20-18-16-14-12-10-8-6-4-2/h39,41,47,49,55,57,61-63,65-68,70-71,73-75H,3-38,40,42-46,48,50-54,56,58-60H2,1-2H3,(H,69,72)/b41-39+,49-47+,57-55+. The van der Waals surface area contributed by atoms with Gasteiger partial charge in [0, 0.05) is 6.42 Å². The molecule has 0 saturated carbocycles. The molecule has 0 bridgehead atoms. The molecule has 0 aromatic rings. The number of amides is 1. The molecule has 7 atom stereocenters. The van der Waals surface area contributed by atoms with Crippen molar-refractivity contribution in [3.8, 4) is 0 Å². The van der Waals surface area contributed by atoms with E-state index in [2.05, 4.69) is 43.5 Å². The Bertz CT molecular complexity index is 1310. The van der Waals surface area contributed by atoms with E-state index in [1.54, 1.807) is 6.08 Å². The van der Waals surface area contributed by atoms with Gasteiger partial charge in [0.2, 0.25) is 5.91 Å². The van der Waals surface area contributed by atoms with E-state index >= 15 is 0 Å². The molecule has 1 aliphatic heterocycles. The number of ether oxygens (including phenoxy) is 2. The molecule has 9 heteroatoms. The normalized spacial score (nSPS) is 18.9. The molecular weight excluding hydrogens is 959 g/mol. The number of rotatable bonds is 59. The van der Waals surface area contributed by atoms with Crippen molar-refractivity contribution in [3.05, 3.63) is 36.5 Å². The highest BCUT2D eigenvalue weighted by Gasteiger charge is 2.44.